The summed E-state index contributed by atoms with van der Waals surface area (Å²) in [6, 6.07) is 12.2. The van der Waals surface area contributed by atoms with Crippen LogP contribution in [0.2, 0.25) is 0 Å². The highest BCUT2D eigenvalue weighted by molar-refractivity contribution is 6.00. The number of hydrogen-bond acceptors (Lipinski definition) is 9. The first-order chi connectivity index (χ1) is 19.4. The largest absolute Gasteiger partial charge is 0.381 e. The smallest absolute Gasteiger partial charge is 0.273 e. The standard InChI is InChI=1S/C29H33N9O2/c1-17-12-19(13-18(2)32-17)33-26-14-24(27(36-35-26)29(39)30-3)34-23-7-5-6-21-22-15-31-38(20-8-10-40-11-9-20)25(22)16-37(4)28(21)23/h5-7,12-15,20H,8-11,16H2,1-4H3,(H,30,39)(H2,32,33,34,35). The van der Waals surface area contributed by atoms with Gasteiger partial charge in [-0.1, -0.05) is 12.1 Å². The third-order valence-electron chi connectivity index (χ3n) is 7.39. The van der Waals surface area contributed by atoms with Crippen molar-refractivity contribution in [1.29, 1.82) is 0 Å². The monoisotopic (exact) mass is 539 g/mol. The zero-order valence-electron chi connectivity index (χ0n) is 23.2. The van der Waals surface area contributed by atoms with E-state index in [1.54, 1.807) is 13.1 Å². The molecular formula is C29H33N9O2. The number of fused-ring (bicyclic) bond motifs is 3. The van der Waals surface area contributed by atoms with Crippen molar-refractivity contribution in [3.8, 4) is 11.1 Å². The Labute approximate surface area is 233 Å². The van der Waals surface area contributed by atoms with Crippen LogP contribution in [-0.2, 0) is 11.3 Å². The van der Waals surface area contributed by atoms with Gasteiger partial charge in [-0.2, -0.15) is 5.10 Å². The number of aryl methyl sites for hydroxylation is 2. The number of nitrogens with one attached hydrogen (secondary N) is 3. The summed E-state index contributed by atoms with van der Waals surface area (Å²) in [6.07, 6.45) is 3.92. The van der Waals surface area contributed by atoms with Gasteiger partial charge in [-0.3, -0.25) is 14.5 Å². The van der Waals surface area contributed by atoms with E-state index in [0.717, 1.165) is 72.2 Å². The average Bonchev–Trinajstić information content (AvgIpc) is 3.37. The molecule has 1 amide bonds. The van der Waals surface area contributed by atoms with E-state index < -0.39 is 0 Å². The van der Waals surface area contributed by atoms with Crippen LogP contribution < -0.4 is 20.9 Å². The highest BCUT2D eigenvalue weighted by atomic mass is 16.5. The summed E-state index contributed by atoms with van der Waals surface area (Å²) in [4.78, 5) is 19.4. The van der Waals surface area contributed by atoms with E-state index in [4.69, 9.17) is 9.84 Å². The molecule has 1 saturated heterocycles. The van der Waals surface area contributed by atoms with Crippen LogP contribution in [0.4, 0.5) is 28.6 Å². The number of hydrogen-bond donors (Lipinski definition) is 3. The van der Waals surface area contributed by atoms with Crippen LogP contribution in [0.5, 0.6) is 0 Å². The summed E-state index contributed by atoms with van der Waals surface area (Å²) in [5, 5.41) is 22.8. The molecule has 206 valence electrons. The highest BCUT2D eigenvalue weighted by Crippen LogP contribution is 2.45. The Hall–Kier alpha value is -4.51. The molecule has 3 N–H and O–H groups in total. The van der Waals surface area contributed by atoms with Gasteiger partial charge in [0.1, 0.15) is 0 Å². The van der Waals surface area contributed by atoms with E-state index in [0.29, 0.717) is 17.5 Å². The molecule has 4 aromatic rings. The quantitative estimate of drug-likeness (QED) is 0.325. The normalized spacial score (nSPS) is 14.8. The average molecular weight is 540 g/mol. The Morgan fingerprint density at radius 1 is 1.00 bits per heavy atom. The second-order valence-electron chi connectivity index (χ2n) is 10.3. The molecule has 0 aliphatic carbocycles. The molecular weight excluding hydrogens is 506 g/mol. The molecule has 0 saturated carbocycles. The summed E-state index contributed by atoms with van der Waals surface area (Å²) < 4.78 is 7.76. The number of pyridine rings is 1. The van der Waals surface area contributed by atoms with Crippen molar-refractivity contribution in [2.24, 2.45) is 0 Å². The summed E-state index contributed by atoms with van der Waals surface area (Å²) in [7, 11) is 3.66. The van der Waals surface area contributed by atoms with Crippen molar-refractivity contribution in [3.63, 3.8) is 0 Å². The molecule has 11 nitrogen and oxygen atoms in total. The molecule has 1 aromatic carbocycles. The first-order valence-electron chi connectivity index (χ1n) is 13.5. The molecule has 1 fully saturated rings. The Bertz CT molecular complexity index is 1560. The van der Waals surface area contributed by atoms with Gasteiger partial charge in [0.2, 0.25) is 0 Å². The molecule has 2 aliphatic heterocycles. The second-order valence-corrected chi connectivity index (χ2v) is 10.3. The zero-order valence-corrected chi connectivity index (χ0v) is 23.2. The third-order valence-corrected chi connectivity index (χ3v) is 7.39. The molecule has 2 aliphatic rings. The lowest BCUT2D eigenvalue weighted by molar-refractivity contribution is 0.0654. The van der Waals surface area contributed by atoms with Gasteiger partial charge in [-0.05, 0) is 44.9 Å². The van der Waals surface area contributed by atoms with Crippen LogP contribution in [0.15, 0.2) is 42.6 Å². The van der Waals surface area contributed by atoms with Crippen molar-refractivity contribution in [2.45, 2.75) is 39.3 Å². The molecule has 0 unspecified atom stereocenters. The van der Waals surface area contributed by atoms with Gasteiger partial charge in [0.05, 0.1) is 41.5 Å². The third kappa shape index (κ3) is 4.84. The fraction of sp³-hybridized carbons (Fsp3) is 0.345. The van der Waals surface area contributed by atoms with Gasteiger partial charge >= 0.3 is 0 Å². The van der Waals surface area contributed by atoms with E-state index in [-0.39, 0.29) is 11.6 Å². The lowest BCUT2D eigenvalue weighted by Crippen LogP contribution is -2.28. The molecule has 0 spiro atoms. The molecule has 0 radical (unpaired) electrons. The molecule has 5 heterocycles. The Morgan fingerprint density at radius 2 is 1.77 bits per heavy atom. The highest BCUT2D eigenvalue weighted by Gasteiger charge is 2.29. The van der Waals surface area contributed by atoms with Crippen molar-refractivity contribution in [2.75, 3.05) is 42.8 Å². The van der Waals surface area contributed by atoms with Gasteiger partial charge in [0.25, 0.3) is 5.91 Å². The minimum absolute atomic E-state index is 0.208. The van der Waals surface area contributed by atoms with Crippen molar-refractivity contribution >= 4 is 34.5 Å². The van der Waals surface area contributed by atoms with Crippen LogP contribution in [0.1, 0.15) is 46.5 Å². The van der Waals surface area contributed by atoms with Crippen molar-refractivity contribution < 1.29 is 9.53 Å². The van der Waals surface area contributed by atoms with Crippen LogP contribution >= 0.6 is 0 Å². The number of aromatic nitrogens is 5. The summed E-state index contributed by atoms with van der Waals surface area (Å²) in [6.45, 7) is 6.15. The fourth-order valence-corrected chi connectivity index (χ4v) is 5.63. The Morgan fingerprint density at radius 3 is 2.52 bits per heavy atom. The maximum atomic E-state index is 12.7. The van der Waals surface area contributed by atoms with Gasteiger partial charge in [-0.25, -0.2) is 0 Å². The lowest BCUT2D eigenvalue weighted by atomic mass is 9.97. The van der Waals surface area contributed by atoms with E-state index in [9.17, 15) is 4.79 Å². The van der Waals surface area contributed by atoms with Gasteiger partial charge in [-0.15, -0.1) is 10.2 Å². The Balaban J connectivity index is 1.37. The number of carbonyl (C=O) groups is 1. The van der Waals surface area contributed by atoms with E-state index in [1.165, 1.54) is 5.69 Å². The van der Waals surface area contributed by atoms with Crippen molar-refractivity contribution in [1.82, 2.24) is 30.3 Å². The van der Waals surface area contributed by atoms with Gasteiger partial charge < -0.3 is 25.6 Å². The summed E-state index contributed by atoms with van der Waals surface area (Å²) >= 11 is 0. The van der Waals surface area contributed by atoms with Gasteiger partial charge in [0.15, 0.2) is 11.5 Å². The number of para-hydroxylation sites is 1. The molecule has 0 atom stereocenters. The fourth-order valence-electron chi connectivity index (χ4n) is 5.63. The van der Waals surface area contributed by atoms with Crippen LogP contribution in [-0.4, -0.2) is 58.2 Å². The first kappa shape index (κ1) is 25.8. The maximum absolute atomic E-state index is 12.7. The SMILES string of the molecule is CNC(=O)c1nnc(Nc2cc(C)nc(C)c2)cc1Nc1cccc2c1N(C)Cc1c-2cnn1C1CCOCC1. The number of benzene rings is 1. The van der Waals surface area contributed by atoms with E-state index >= 15 is 0 Å². The predicted octanol–water partition coefficient (Wildman–Crippen LogP) is 4.50. The minimum Gasteiger partial charge on any atom is -0.381 e. The number of ether oxygens (including phenoxy) is 1. The van der Waals surface area contributed by atoms with E-state index in [1.807, 2.05) is 44.3 Å². The second kappa shape index (κ2) is 10.6. The molecule has 11 heteroatoms. The molecule has 40 heavy (non-hydrogen) atoms. The van der Waals surface area contributed by atoms with E-state index in [2.05, 4.69) is 53.8 Å². The summed E-state index contributed by atoms with van der Waals surface area (Å²) in [5.74, 6) is 0.189. The van der Waals surface area contributed by atoms with Crippen LogP contribution in [0.25, 0.3) is 11.1 Å². The maximum Gasteiger partial charge on any atom is 0.273 e. The lowest BCUT2D eigenvalue weighted by Gasteiger charge is -2.32. The number of carbonyl (C=O) groups excluding carboxylic acids is 1. The predicted molar refractivity (Wildman–Crippen MR) is 155 cm³/mol. The zero-order chi connectivity index (χ0) is 27.8. The number of anilines is 5. The van der Waals surface area contributed by atoms with Crippen LogP contribution in [0, 0.1) is 13.8 Å². The molecule has 6 rings (SSSR count). The number of amides is 1. The minimum atomic E-state index is -0.324. The van der Waals surface area contributed by atoms with Crippen molar-refractivity contribution in [3.05, 3.63) is 65.4 Å². The summed E-state index contributed by atoms with van der Waals surface area (Å²) in [5.41, 5.74) is 8.74. The van der Waals surface area contributed by atoms with Crippen LogP contribution in [0.3, 0.4) is 0 Å². The number of nitrogens with zero attached hydrogens (tertiary/aromatic N) is 6. The molecule has 3 aromatic heterocycles. The topological polar surface area (TPSA) is 122 Å². The van der Waals surface area contributed by atoms with Gasteiger partial charge in [0, 0.05) is 61.6 Å². The number of rotatable bonds is 6. The molecule has 0 bridgehead atoms. The first-order valence-corrected chi connectivity index (χ1v) is 13.5. The Kier molecular flexibility index (Phi) is 6.81.